The molecule has 6 nitrogen and oxygen atoms in total. The third-order valence-corrected chi connectivity index (χ3v) is 5.89. The van der Waals surface area contributed by atoms with E-state index in [9.17, 15) is 19.8 Å². The van der Waals surface area contributed by atoms with Crippen LogP contribution in [0.1, 0.15) is 34.3 Å². The number of benzene rings is 3. The SMILES string of the molecule is CNC(=O)c1ccc(-c2cc(NC(=O)C3(c4ccc(O)c(O)c4)CC3)ccc2C)cc1. The number of aromatic hydroxyl groups is 2. The minimum absolute atomic E-state index is 0.137. The molecule has 0 radical (unpaired) electrons. The van der Waals surface area contributed by atoms with Gasteiger partial charge in [0.05, 0.1) is 5.41 Å². The van der Waals surface area contributed by atoms with Gasteiger partial charge in [-0.3, -0.25) is 9.59 Å². The van der Waals surface area contributed by atoms with Crippen LogP contribution in [0, 0.1) is 6.92 Å². The predicted molar refractivity (Wildman–Crippen MR) is 119 cm³/mol. The smallest absolute Gasteiger partial charge is 0.251 e. The monoisotopic (exact) mass is 416 g/mol. The molecule has 1 saturated carbocycles. The summed E-state index contributed by atoms with van der Waals surface area (Å²) >= 11 is 0. The lowest BCUT2D eigenvalue weighted by Gasteiger charge is -2.17. The van der Waals surface area contributed by atoms with Crippen LogP contribution >= 0.6 is 0 Å². The Bertz CT molecular complexity index is 1160. The molecule has 0 bridgehead atoms. The van der Waals surface area contributed by atoms with Crippen LogP contribution in [0.15, 0.2) is 60.7 Å². The zero-order valence-corrected chi connectivity index (χ0v) is 17.4. The van der Waals surface area contributed by atoms with Crippen LogP contribution in [0.5, 0.6) is 11.5 Å². The Balaban J connectivity index is 1.58. The number of carbonyl (C=O) groups excluding carboxylic acids is 2. The number of phenolic OH excluding ortho intramolecular Hbond substituents is 2. The summed E-state index contributed by atoms with van der Waals surface area (Å²) in [6.07, 6.45) is 1.37. The number of nitrogens with one attached hydrogen (secondary N) is 2. The maximum Gasteiger partial charge on any atom is 0.251 e. The molecule has 6 heteroatoms. The van der Waals surface area contributed by atoms with E-state index in [-0.39, 0.29) is 23.3 Å². The fraction of sp³-hybridized carbons (Fsp3) is 0.200. The highest BCUT2D eigenvalue weighted by Crippen LogP contribution is 2.50. The molecule has 4 rings (SSSR count). The van der Waals surface area contributed by atoms with Gasteiger partial charge in [0.1, 0.15) is 0 Å². The Morgan fingerprint density at radius 1 is 0.903 bits per heavy atom. The quantitative estimate of drug-likeness (QED) is 0.471. The second-order valence-electron chi connectivity index (χ2n) is 7.93. The molecule has 2 amide bonds. The van der Waals surface area contributed by atoms with Crippen molar-refractivity contribution in [3.8, 4) is 22.6 Å². The first-order chi connectivity index (χ1) is 14.8. The second-order valence-corrected chi connectivity index (χ2v) is 7.93. The van der Waals surface area contributed by atoms with Crippen LogP contribution in [0.4, 0.5) is 5.69 Å². The van der Waals surface area contributed by atoms with Gasteiger partial charge in [0.2, 0.25) is 5.91 Å². The van der Waals surface area contributed by atoms with Gasteiger partial charge >= 0.3 is 0 Å². The topological polar surface area (TPSA) is 98.7 Å². The zero-order valence-electron chi connectivity index (χ0n) is 17.4. The normalized spacial score (nSPS) is 14.0. The van der Waals surface area contributed by atoms with E-state index in [1.54, 1.807) is 25.2 Å². The van der Waals surface area contributed by atoms with Crippen molar-refractivity contribution in [2.24, 2.45) is 0 Å². The van der Waals surface area contributed by atoms with Gasteiger partial charge in [-0.2, -0.15) is 0 Å². The summed E-state index contributed by atoms with van der Waals surface area (Å²) in [7, 11) is 1.60. The Hall–Kier alpha value is -3.80. The van der Waals surface area contributed by atoms with Crippen molar-refractivity contribution in [3.05, 3.63) is 77.4 Å². The molecular formula is C25H24N2O4. The van der Waals surface area contributed by atoms with E-state index in [0.29, 0.717) is 29.7 Å². The third-order valence-electron chi connectivity index (χ3n) is 5.89. The van der Waals surface area contributed by atoms with Gasteiger partial charge in [-0.15, -0.1) is 0 Å². The minimum Gasteiger partial charge on any atom is -0.504 e. The summed E-state index contributed by atoms with van der Waals surface area (Å²) < 4.78 is 0. The Morgan fingerprint density at radius 3 is 2.23 bits per heavy atom. The van der Waals surface area contributed by atoms with Gasteiger partial charge in [0.25, 0.3) is 5.91 Å². The standard InChI is InChI=1S/C25H24N2O4/c1-15-3-9-19(14-20(15)16-4-6-17(7-5-16)23(30)26-2)27-24(31)25(11-12-25)18-8-10-21(28)22(29)13-18/h3-10,13-14,28-29H,11-12H2,1-2H3,(H,26,30)(H,27,31). The third kappa shape index (κ3) is 3.84. The number of hydrogen-bond donors (Lipinski definition) is 4. The molecule has 0 heterocycles. The predicted octanol–water partition coefficient (Wildman–Crippen LogP) is 4.10. The maximum absolute atomic E-state index is 13.1. The number of aryl methyl sites for hydroxylation is 1. The molecule has 3 aromatic carbocycles. The molecule has 1 aliphatic carbocycles. The van der Waals surface area contributed by atoms with Crippen molar-refractivity contribution in [2.45, 2.75) is 25.2 Å². The van der Waals surface area contributed by atoms with Gasteiger partial charge in [-0.25, -0.2) is 0 Å². The fourth-order valence-electron chi connectivity index (χ4n) is 3.80. The van der Waals surface area contributed by atoms with Gasteiger partial charge < -0.3 is 20.8 Å². The fourth-order valence-corrected chi connectivity index (χ4v) is 3.80. The van der Waals surface area contributed by atoms with Crippen molar-refractivity contribution in [1.29, 1.82) is 0 Å². The Kier molecular flexibility index (Phi) is 5.15. The van der Waals surface area contributed by atoms with Crippen molar-refractivity contribution >= 4 is 17.5 Å². The van der Waals surface area contributed by atoms with Crippen LogP contribution in [0.2, 0.25) is 0 Å². The summed E-state index contributed by atoms with van der Waals surface area (Å²) in [6.45, 7) is 2.00. The molecule has 0 aromatic heterocycles. The molecule has 4 N–H and O–H groups in total. The first kappa shape index (κ1) is 20.5. The molecule has 1 fully saturated rings. The molecular weight excluding hydrogens is 392 g/mol. The van der Waals surface area contributed by atoms with Crippen LogP contribution in [-0.2, 0) is 10.2 Å². The number of rotatable bonds is 5. The average Bonchev–Trinajstić information content (AvgIpc) is 3.59. The molecule has 0 aliphatic heterocycles. The second kappa shape index (κ2) is 7.80. The number of phenols is 2. The molecule has 0 saturated heterocycles. The van der Waals surface area contributed by atoms with E-state index >= 15 is 0 Å². The number of anilines is 1. The van der Waals surface area contributed by atoms with Crippen LogP contribution < -0.4 is 10.6 Å². The summed E-state index contributed by atoms with van der Waals surface area (Å²) in [4.78, 5) is 24.9. The van der Waals surface area contributed by atoms with Crippen molar-refractivity contribution < 1.29 is 19.8 Å². The molecule has 31 heavy (non-hydrogen) atoms. The largest absolute Gasteiger partial charge is 0.504 e. The van der Waals surface area contributed by atoms with E-state index in [1.807, 2.05) is 37.3 Å². The van der Waals surface area contributed by atoms with E-state index in [2.05, 4.69) is 10.6 Å². The first-order valence-corrected chi connectivity index (χ1v) is 10.1. The van der Waals surface area contributed by atoms with Gasteiger partial charge in [-0.1, -0.05) is 24.3 Å². The molecule has 1 aliphatic rings. The Labute approximate surface area is 180 Å². The van der Waals surface area contributed by atoms with E-state index in [0.717, 1.165) is 16.7 Å². The van der Waals surface area contributed by atoms with E-state index < -0.39 is 5.41 Å². The van der Waals surface area contributed by atoms with Gasteiger partial charge in [0, 0.05) is 18.3 Å². The molecule has 158 valence electrons. The lowest BCUT2D eigenvalue weighted by Crippen LogP contribution is -2.27. The van der Waals surface area contributed by atoms with Crippen LogP contribution in [0.3, 0.4) is 0 Å². The summed E-state index contributed by atoms with van der Waals surface area (Å²) in [5.74, 6) is -0.707. The molecule has 0 unspecified atom stereocenters. The number of hydrogen-bond acceptors (Lipinski definition) is 4. The highest BCUT2D eigenvalue weighted by Gasteiger charge is 2.51. The van der Waals surface area contributed by atoms with Gasteiger partial charge in [-0.05, 0) is 78.4 Å². The van der Waals surface area contributed by atoms with E-state index in [4.69, 9.17) is 0 Å². The molecule has 3 aromatic rings. The molecule has 0 spiro atoms. The molecule has 0 atom stereocenters. The minimum atomic E-state index is -0.689. The van der Waals surface area contributed by atoms with Crippen molar-refractivity contribution in [1.82, 2.24) is 5.32 Å². The average molecular weight is 416 g/mol. The first-order valence-electron chi connectivity index (χ1n) is 10.1. The van der Waals surface area contributed by atoms with Crippen molar-refractivity contribution in [3.63, 3.8) is 0 Å². The maximum atomic E-state index is 13.1. The summed E-state index contributed by atoms with van der Waals surface area (Å²) in [5.41, 5.74) is 4.23. The lowest BCUT2D eigenvalue weighted by molar-refractivity contribution is -0.118. The highest BCUT2D eigenvalue weighted by molar-refractivity contribution is 6.02. The van der Waals surface area contributed by atoms with Crippen molar-refractivity contribution in [2.75, 3.05) is 12.4 Å². The summed E-state index contributed by atoms with van der Waals surface area (Å²) in [6, 6.07) is 17.6. The number of carbonyl (C=O) groups is 2. The zero-order chi connectivity index (χ0) is 22.2. The highest BCUT2D eigenvalue weighted by atomic mass is 16.3. The Morgan fingerprint density at radius 2 is 1.61 bits per heavy atom. The summed E-state index contributed by atoms with van der Waals surface area (Å²) in [5, 5.41) is 25.0. The van der Waals surface area contributed by atoms with Gasteiger partial charge in [0.15, 0.2) is 11.5 Å². The van der Waals surface area contributed by atoms with Crippen LogP contribution in [0.25, 0.3) is 11.1 Å². The van der Waals surface area contributed by atoms with Crippen LogP contribution in [-0.4, -0.2) is 29.1 Å². The number of amides is 2. The van der Waals surface area contributed by atoms with E-state index in [1.165, 1.54) is 12.1 Å². The lowest BCUT2D eigenvalue weighted by atomic mass is 9.94.